The number of aromatic nitrogens is 2. The van der Waals surface area contributed by atoms with Crippen LogP contribution in [0.1, 0.15) is 33.1 Å². The van der Waals surface area contributed by atoms with Crippen molar-refractivity contribution < 1.29 is 5.11 Å². The van der Waals surface area contributed by atoms with E-state index in [1.165, 1.54) is 12.8 Å². The van der Waals surface area contributed by atoms with Crippen molar-refractivity contribution in [2.24, 2.45) is 17.8 Å². The van der Waals surface area contributed by atoms with Crippen molar-refractivity contribution in [1.29, 1.82) is 0 Å². The summed E-state index contributed by atoms with van der Waals surface area (Å²) >= 11 is 5.82. The molecule has 1 aromatic rings. The second-order valence-corrected chi connectivity index (χ2v) is 6.31. The number of aliphatic hydroxyl groups excluding tert-OH is 1. The number of nitrogens with zero attached hydrogens (tertiary/aromatic N) is 3. The molecular weight excluding hydrogens is 274 g/mol. The smallest absolute Gasteiger partial charge is 0.225 e. The Labute approximate surface area is 126 Å². The fourth-order valence-corrected chi connectivity index (χ4v) is 3.12. The van der Waals surface area contributed by atoms with Crippen LogP contribution in [-0.4, -0.2) is 34.8 Å². The number of piperidine rings is 1. The maximum absolute atomic E-state index is 9.06. The first-order chi connectivity index (χ1) is 9.61. The lowest BCUT2D eigenvalue weighted by Crippen LogP contribution is -2.37. The van der Waals surface area contributed by atoms with Crippen LogP contribution in [0, 0.1) is 17.8 Å². The van der Waals surface area contributed by atoms with Crippen molar-refractivity contribution >= 4 is 17.5 Å². The average molecular weight is 298 g/mol. The summed E-state index contributed by atoms with van der Waals surface area (Å²) in [6.07, 6.45) is 6.55. The molecule has 1 fully saturated rings. The van der Waals surface area contributed by atoms with E-state index in [2.05, 4.69) is 28.7 Å². The molecule has 112 valence electrons. The molecule has 0 bridgehead atoms. The minimum absolute atomic E-state index is 0.295. The predicted octanol–water partition coefficient (Wildman–Crippen LogP) is 3.00. The third-order valence-electron chi connectivity index (χ3n) is 4.65. The molecule has 1 aromatic heterocycles. The molecule has 1 saturated heterocycles. The number of aliphatic hydroxyl groups is 1. The van der Waals surface area contributed by atoms with E-state index in [1.807, 2.05) is 0 Å². The summed E-state index contributed by atoms with van der Waals surface area (Å²) in [5.74, 6) is 2.77. The Kier molecular flexibility index (Phi) is 5.61. The van der Waals surface area contributed by atoms with Gasteiger partial charge < -0.3 is 10.0 Å². The molecule has 1 aliphatic heterocycles. The van der Waals surface area contributed by atoms with Crippen molar-refractivity contribution in [3.63, 3.8) is 0 Å². The number of rotatable bonds is 5. The van der Waals surface area contributed by atoms with Crippen LogP contribution in [0.5, 0.6) is 0 Å². The van der Waals surface area contributed by atoms with Gasteiger partial charge in [0, 0.05) is 19.7 Å². The van der Waals surface area contributed by atoms with E-state index in [-0.39, 0.29) is 0 Å². The van der Waals surface area contributed by atoms with E-state index in [0.717, 1.165) is 31.4 Å². The van der Waals surface area contributed by atoms with Crippen molar-refractivity contribution in [2.75, 3.05) is 24.6 Å². The highest BCUT2D eigenvalue weighted by molar-refractivity contribution is 6.30. The van der Waals surface area contributed by atoms with E-state index < -0.39 is 0 Å². The van der Waals surface area contributed by atoms with E-state index in [4.69, 9.17) is 16.7 Å². The third kappa shape index (κ3) is 3.83. The van der Waals surface area contributed by atoms with Gasteiger partial charge in [-0.3, -0.25) is 0 Å². The average Bonchev–Trinajstić information content (AvgIpc) is 2.48. The van der Waals surface area contributed by atoms with Gasteiger partial charge in [-0.2, -0.15) is 0 Å². The molecule has 2 atom stereocenters. The first-order valence-corrected chi connectivity index (χ1v) is 7.83. The molecule has 0 spiro atoms. The Hall–Kier alpha value is -0.870. The molecule has 0 amide bonds. The third-order valence-corrected chi connectivity index (χ3v) is 4.85. The van der Waals surface area contributed by atoms with Gasteiger partial charge >= 0.3 is 0 Å². The van der Waals surface area contributed by atoms with Gasteiger partial charge in [-0.05, 0) is 37.0 Å². The minimum atomic E-state index is 0.295. The van der Waals surface area contributed by atoms with E-state index in [1.54, 1.807) is 12.4 Å². The van der Waals surface area contributed by atoms with Crippen molar-refractivity contribution in [3.8, 4) is 0 Å². The zero-order chi connectivity index (χ0) is 14.5. The Balaban J connectivity index is 1.87. The van der Waals surface area contributed by atoms with Gasteiger partial charge in [0.2, 0.25) is 5.95 Å². The number of anilines is 1. The highest BCUT2D eigenvalue weighted by Gasteiger charge is 2.27. The van der Waals surface area contributed by atoms with Gasteiger partial charge in [0.25, 0.3) is 0 Å². The van der Waals surface area contributed by atoms with E-state index >= 15 is 0 Å². The van der Waals surface area contributed by atoms with Gasteiger partial charge in [-0.15, -0.1) is 0 Å². The zero-order valence-corrected chi connectivity index (χ0v) is 13.1. The fourth-order valence-electron chi connectivity index (χ4n) is 3.03. The van der Waals surface area contributed by atoms with Gasteiger partial charge in [0.15, 0.2) is 0 Å². The molecule has 2 heterocycles. The Bertz CT molecular complexity index is 404. The summed E-state index contributed by atoms with van der Waals surface area (Å²) in [4.78, 5) is 10.8. The first kappa shape index (κ1) is 15.5. The van der Waals surface area contributed by atoms with Crippen molar-refractivity contribution in [1.82, 2.24) is 9.97 Å². The molecule has 1 aliphatic rings. The Morgan fingerprint density at radius 3 is 2.45 bits per heavy atom. The zero-order valence-electron chi connectivity index (χ0n) is 12.3. The highest BCUT2D eigenvalue weighted by atomic mass is 35.5. The summed E-state index contributed by atoms with van der Waals surface area (Å²) in [6.45, 7) is 6.86. The van der Waals surface area contributed by atoms with Crippen LogP contribution >= 0.6 is 11.6 Å². The fraction of sp³-hybridized carbons (Fsp3) is 0.733. The SMILES string of the molecule is CC(C1CCN(c2ncc(Cl)cn2)CC1)[C@@H](C)CCO. The molecule has 2 rings (SSSR count). The summed E-state index contributed by atoms with van der Waals surface area (Å²) < 4.78 is 0. The molecule has 5 heteroatoms. The molecule has 4 nitrogen and oxygen atoms in total. The van der Waals surface area contributed by atoms with Crippen LogP contribution < -0.4 is 4.90 Å². The molecule has 0 aromatic carbocycles. The Morgan fingerprint density at radius 2 is 1.90 bits per heavy atom. The van der Waals surface area contributed by atoms with Crippen LogP contribution in [-0.2, 0) is 0 Å². The van der Waals surface area contributed by atoms with Gasteiger partial charge in [-0.1, -0.05) is 25.4 Å². The normalized spacial score (nSPS) is 19.9. The standard InChI is InChI=1S/C15H24ClN3O/c1-11(5-8-20)12(2)13-3-6-19(7-4-13)15-17-9-14(16)10-18-15/h9-13,20H,3-8H2,1-2H3/t11-,12?/m0/s1. The van der Waals surface area contributed by atoms with Gasteiger partial charge in [0.1, 0.15) is 0 Å². The predicted molar refractivity (Wildman–Crippen MR) is 82.0 cm³/mol. The summed E-state index contributed by atoms with van der Waals surface area (Å²) in [6, 6.07) is 0. The molecule has 1 N–H and O–H groups in total. The van der Waals surface area contributed by atoms with E-state index in [0.29, 0.717) is 23.5 Å². The number of hydrogen-bond acceptors (Lipinski definition) is 4. The minimum Gasteiger partial charge on any atom is -0.396 e. The second-order valence-electron chi connectivity index (χ2n) is 5.87. The molecular formula is C15H24ClN3O. The maximum atomic E-state index is 9.06. The summed E-state index contributed by atoms with van der Waals surface area (Å²) in [5, 5.41) is 9.64. The van der Waals surface area contributed by atoms with E-state index in [9.17, 15) is 0 Å². The Morgan fingerprint density at radius 1 is 1.30 bits per heavy atom. The van der Waals surface area contributed by atoms with Crippen molar-refractivity contribution in [3.05, 3.63) is 17.4 Å². The molecule has 0 saturated carbocycles. The van der Waals surface area contributed by atoms with Crippen LogP contribution in [0.25, 0.3) is 0 Å². The lowest BCUT2D eigenvalue weighted by atomic mass is 9.77. The lowest BCUT2D eigenvalue weighted by Gasteiger charge is -2.37. The largest absolute Gasteiger partial charge is 0.396 e. The van der Waals surface area contributed by atoms with Gasteiger partial charge in [0.05, 0.1) is 17.4 Å². The lowest BCUT2D eigenvalue weighted by molar-refractivity contribution is 0.179. The topological polar surface area (TPSA) is 49.2 Å². The second kappa shape index (κ2) is 7.23. The summed E-state index contributed by atoms with van der Waals surface area (Å²) in [5.41, 5.74) is 0. The van der Waals surface area contributed by atoms with Crippen LogP contribution in [0.15, 0.2) is 12.4 Å². The van der Waals surface area contributed by atoms with Crippen LogP contribution in [0.4, 0.5) is 5.95 Å². The maximum Gasteiger partial charge on any atom is 0.225 e. The first-order valence-electron chi connectivity index (χ1n) is 7.45. The molecule has 0 radical (unpaired) electrons. The molecule has 0 aliphatic carbocycles. The highest BCUT2D eigenvalue weighted by Crippen LogP contribution is 2.32. The number of halogens is 1. The van der Waals surface area contributed by atoms with Crippen molar-refractivity contribution in [2.45, 2.75) is 33.1 Å². The number of hydrogen-bond donors (Lipinski definition) is 1. The molecule has 20 heavy (non-hydrogen) atoms. The summed E-state index contributed by atoms with van der Waals surface area (Å²) in [7, 11) is 0. The van der Waals surface area contributed by atoms with Crippen LogP contribution in [0.2, 0.25) is 5.02 Å². The quantitative estimate of drug-likeness (QED) is 0.908. The monoisotopic (exact) mass is 297 g/mol. The van der Waals surface area contributed by atoms with Gasteiger partial charge in [-0.25, -0.2) is 9.97 Å². The molecule has 1 unspecified atom stereocenters. The van der Waals surface area contributed by atoms with Crippen LogP contribution in [0.3, 0.4) is 0 Å².